The van der Waals surface area contributed by atoms with Crippen LogP contribution in [0.3, 0.4) is 0 Å². The summed E-state index contributed by atoms with van der Waals surface area (Å²) in [6.45, 7) is 1.92. The standard InChI is InChI=1S/C7H9ClN2O3S/c1-3-13-7(12)9-4-5(8)14-10(2)6(4)11/h3H2,1-2H3,(H,9,12). The van der Waals surface area contributed by atoms with Gasteiger partial charge < -0.3 is 4.74 Å². The first-order chi connectivity index (χ1) is 6.56. The van der Waals surface area contributed by atoms with Crippen LogP contribution in [0.1, 0.15) is 6.92 Å². The van der Waals surface area contributed by atoms with Crippen molar-refractivity contribution in [1.29, 1.82) is 0 Å². The maximum absolute atomic E-state index is 11.3. The Hall–Kier alpha value is -1.01. The lowest BCUT2D eigenvalue weighted by molar-refractivity contribution is 0.168. The minimum atomic E-state index is -0.676. The average molecular weight is 237 g/mol. The van der Waals surface area contributed by atoms with E-state index in [1.165, 1.54) is 3.96 Å². The van der Waals surface area contributed by atoms with Crippen LogP contribution >= 0.6 is 23.1 Å². The molecule has 0 spiro atoms. The number of aromatic nitrogens is 1. The van der Waals surface area contributed by atoms with Gasteiger partial charge in [-0.3, -0.25) is 14.1 Å². The van der Waals surface area contributed by atoms with Crippen LogP contribution in [-0.4, -0.2) is 16.7 Å². The van der Waals surface area contributed by atoms with Gasteiger partial charge in [0.05, 0.1) is 6.61 Å². The van der Waals surface area contributed by atoms with E-state index in [0.29, 0.717) is 0 Å². The second-order valence-electron chi connectivity index (χ2n) is 2.39. The lowest BCUT2D eigenvalue weighted by atomic mass is 10.6. The summed E-state index contributed by atoms with van der Waals surface area (Å²) in [5.74, 6) is 0. The minimum Gasteiger partial charge on any atom is -0.450 e. The second-order valence-corrected chi connectivity index (χ2v) is 4.13. The van der Waals surface area contributed by atoms with Gasteiger partial charge in [-0.15, -0.1) is 0 Å². The van der Waals surface area contributed by atoms with E-state index in [4.69, 9.17) is 11.6 Å². The number of nitrogens with one attached hydrogen (secondary N) is 1. The van der Waals surface area contributed by atoms with Crippen LogP contribution in [0.4, 0.5) is 10.5 Å². The topological polar surface area (TPSA) is 60.3 Å². The largest absolute Gasteiger partial charge is 0.450 e. The first-order valence-electron chi connectivity index (χ1n) is 3.85. The number of rotatable bonds is 2. The molecule has 0 saturated heterocycles. The molecule has 7 heteroatoms. The number of carbonyl (C=O) groups excluding carboxylic acids is 1. The van der Waals surface area contributed by atoms with E-state index in [9.17, 15) is 9.59 Å². The highest BCUT2D eigenvalue weighted by atomic mass is 35.5. The number of ether oxygens (including phenoxy) is 1. The van der Waals surface area contributed by atoms with Gasteiger partial charge in [0, 0.05) is 7.05 Å². The summed E-state index contributed by atoms with van der Waals surface area (Å²) in [5.41, 5.74) is -0.273. The number of nitrogens with zero attached hydrogens (tertiary/aromatic N) is 1. The molecule has 0 atom stereocenters. The molecule has 14 heavy (non-hydrogen) atoms. The molecule has 1 aromatic rings. The van der Waals surface area contributed by atoms with Gasteiger partial charge in [0.25, 0.3) is 5.56 Å². The maximum atomic E-state index is 11.3. The van der Waals surface area contributed by atoms with Gasteiger partial charge in [-0.05, 0) is 18.5 Å². The van der Waals surface area contributed by atoms with Crippen LogP contribution in [0.25, 0.3) is 0 Å². The number of aryl methyl sites for hydroxylation is 1. The van der Waals surface area contributed by atoms with E-state index < -0.39 is 6.09 Å². The lowest BCUT2D eigenvalue weighted by Crippen LogP contribution is -2.20. The van der Waals surface area contributed by atoms with Gasteiger partial charge in [-0.25, -0.2) is 4.79 Å². The molecular weight excluding hydrogens is 228 g/mol. The third kappa shape index (κ3) is 2.27. The first kappa shape index (κ1) is 11.1. The van der Waals surface area contributed by atoms with Crippen LogP contribution in [-0.2, 0) is 11.8 Å². The molecule has 1 rings (SSSR count). The van der Waals surface area contributed by atoms with Crippen molar-refractivity contribution in [3.8, 4) is 0 Å². The Morgan fingerprint density at radius 1 is 1.71 bits per heavy atom. The van der Waals surface area contributed by atoms with Crippen molar-refractivity contribution in [1.82, 2.24) is 3.96 Å². The summed E-state index contributed by atoms with van der Waals surface area (Å²) in [7, 11) is 1.56. The molecule has 78 valence electrons. The van der Waals surface area contributed by atoms with Crippen LogP contribution < -0.4 is 10.9 Å². The third-order valence-corrected chi connectivity index (χ3v) is 2.62. The number of halogens is 1. The average Bonchev–Trinajstić information content (AvgIpc) is 2.33. The molecule has 5 nitrogen and oxygen atoms in total. The molecule has 0 saturated carbocycles. The quantitative estimate of drug-likeness (QED) is 0.850. The van der Waals surface area contributed by atoms with Gasteiger partial charge in [0.1, 0.15) is 10.0 Å². The van der Waals surface area contributed by atoms with Crippen LogP contribution in [0, 0.1) is 0 Å². The molecule has 0 radical (unpaired) electrons. The highest BCUT2D eigenvalue weighted by Gasteiger charge is 2.14. The second kappa shape index (κ2) is 4.47. The van der Waals surface area contributed by atoms with Crippen molar-refractivity contribution in [2.45, 2.75) is 6.92 Å². The van der Waals surface area contributed by atoms with Crippen molar-refractivity contribution in [2.24, 2.45) is 7.05 Å². The molecule has 0 aromatic carbocycles. The van der Waals surface area contributed by atoms with Gasteiger partial charge >= 0.3 is 6.09 Å². The smallest absolute Gasteiger partial charge is 0.411 e. The van der Waals surface area contributed by atoms with Crippen molar-refractivity contribution >= 4 is 34.9 Å². The van der Waals surface area contributed by atoms with E-state index in [1.807, 2.05) is 0 Å². The predicted octanol–water partition coefficient (Wildman–Crippen LogP) is 1.67. The molecule has 1 amide bonds. The highest BCUT2D eigenvalue weighted by molar-refractivity contribution is 7.11. The minimum absolute atomic E-state index is 0.0672. The van der Waals surface area contributed by atoms with Crippen molar-refractivity contribution in [2.75, 3.05) is 11.9 Å². The van der Waals surface area contributed by atoms with Crippen LogP contribution in [0.15, 0.2) is 4.79 Å². The van der Waals surface area contributed by atoms with Gasteiger partial charge in [0.2, 0.25) is 0 Å². The van der Waals surface area contributed by atoms with Gasteiger partial charge in [-0.1, -0.05) is 11.6 Å². The summed E-state index contributed by atoms with van der Waals surface area (Å²) < 4.78 is 6.18. The molecule has 0 aliphatic carbocycles. The Morgan fingerprint density at radius 2 is 2.36 bits per heavy atom. The molecule has 0 bridgehead atoms. The van der Waals surface area contributed by atoms with Crippen LogP contribution in [0.5, 0.6) is 0 Å². The Kier molecular flexibility index (Phi) is 3.54. The number of hydrogen-bond acceptors (Lipinski definition) is 4. The molecule has 0 aliphatic rings. The third-order valence-electron chi connectivity index (χ3n) is 1.42. The van der Waals surface area contributed by atoms with E-state index in [-0.39, 0.29) is 22.2 Å². The van der Waals surface area contributed by atoms with E-state index in [2.05, 4.69) is 10.1 Å². The fraction of sp³-hybridized carbons (Fsp3) is 0.429. The zero-order chi connectivity index (χ0) is 10.7. The summed E-state index contributed by atoms with van der Waals surface area (Å²) in [6.07, 6.45) is -0.676. The molecule has 0 aliphatic heterocycles. The van der Waals surface area contributed by atoms with E-state index in [0.717, 1.165) is 11.5 Å². The number of amides is 1. The predicted molar refractivity (Wildman–Crippen MR) is 55.2 cm³/mol. The summed E-state index contributed by atoms with van der Waals surface area (Å²) in [5, 5.41) is 2.28. The molecule has 0 fully saturated rings. The van der Waals surface area contributed by atoms with E-state index >= 15 is 0 Å². The number of hydrogen-bond donors (Lipinski definition) is 1. The maximum Gasteiger partial charge on any atom is 0.411 e. The van der Waals surface area contributed by atoms with Crippen molar-refractivity contribution in [3.63, 3.8) is 0 Å². The Balaban J connectivity index is 2.86. The fourth-order valence-electron chi connectivity index (χ4n) is 0.821. The molecule has 1 heterocycles. The van der Waals surface area contributed by atoms with Crippen LogP contribution in [0.2, 0.25) is 4.34 Å². The first-order valence-corrected chi connectivity index (χ1v) is 5.01. The normalized spacial score (nSPS) is 9.93. The Morgan fingerprint density at radius 3 is 2.79 bits per heavy atom. The fourth-order valence-corrected chi connectivity index (χ4v) is 1.90. The molecule has 1 N–H and O–H groups in total. The highest BCUT2D eigenvalue weighted by Crippen LogP contribution is 2.22. The van der Waals surface area contributed by atoms with Crippen molar-refractivity contribution in [3.05, 3.63) is 14.7 Å². The van der Waals surface area contributed by atoms with Crippen molar-refractivity contribution < 1.29 is 9.53 Å². The Bertz CT molecular complexity index is 398. The zero-order valence-corrected chi connectivity index (χ0v) is 9.24. The Labute approximate surface area is 89.4 Å². The lowest BCUT2D eigenvalue weighted by Gasteiger charge is -2.01. The van der Waals surface area contributed by atoms with E-state index in [1.54, 1.807) is 14.0 Å². The molecular formula is C7H9ClN2O3S. The SMILES string of the molecule is CCOC(=O)Nc1c(Cl)sn(C)c1=O. The summed E-state index contributed by atoms with van der Waals surface area (Å²) >= 11 is 6.78. The molecule has 0 unspecified atom stereocenters. The molecule has 1 aromatic heterocycles. The zero-order valence-electron chi connectivity index (χ0n) is 7.67. The number of anilines is 1. The summed E-state index contributed by atoms with van der Waals surface area (Å²) in [6, 6.07) is 0. The van der Waals surface area contributed by atoms with Gasteiger partial charge in [-0.2, -0.15) is 0 Å². The monoisotopic (exact) mass is 236 g/mol. The van der Waals surface area contributed by atoms with Gasteiger partial charge in [0.15, 0.2) is 0 Å². The summed E-state index contributed by atoms with van der Waals surface area (Å²) in [4.78, 5) is 22.3. The number of carbonyl (C=O) groups is 1.